The van der Waals surface area contributed by atoms with Crippen molar-refractivity contribution < 1.29 is 18.0 Å². The molecule has 0 radical (unpaired) electrons. The van der Waals surface area contributed by atoms with Gasteiger partial charge in [-0.2, -0.15) is 4.31 Å². The molecule has 1 N–H and O–H groups in total. The summed E-state index contributed by atoms with van der Waals surface area (Å²) in [7, 11) is -3.19. The van der Waals surface area contributed by atoms with Crippen LogP contribution in [0.1, 0.15) is 17.3 Å². The predicted octanol–water partition coefficient (Wildman–Crippen LogP) is 0.405. The van der Waals surface area contributed by atoms with Crippen molar-refractivity contribution >= 4 is 27.4 Å². The van der Waals surface area contributed by atoms with Crippen LogP contribution in [0.15, 0.2) is 24.3 Å². The number of hydrogen-bond donors (Lipinski definition) is 1. The first kappa shape index (κ1) is 17.4. The summed E-state index contributed by atoms with van der Waals surface area (Å²) in [4.78, 5) is 25.0. The summed E-state index contributed by atoms with van der Waals surface area (Å²) in [6.45, 7) is 3.10. The molecule has 2 rings (SSSR count). The van der Waals surface area contributed by atoms with Crippen LogP contribution in [0.3, 0.4) is 0 Å². The molecule has 0 unspecified atom stereocenters. The third-order valence-corrected chi connectivity index (χ3v) is 5.10. The third-order valence-electron chi connectivity index (χ3n) is 3.80. The van der Waals surface area contributed by atoms with E-state index < -0.39 is 10.0 Å². The standard InChI is InChI=1S/C15H21N3O4S/c1-12(19)13-3-5-14(6-4-13)16-11-15(20)17-7-9-18(10-8-17)23(2,21)22/h3-6,16H,7-11H2,1-2H3. The van der Waals surface area contributed by atoms with Gasteiger partial charge >= 0.3 is 0 Å². The van der Waals surface area contributed by atoms with Gasteiger partial charge in [-0.1, -0.05) is 0 Å². The van der Waals surface area contributed by atoms with Gasteiger partial charge in [0.05, 0.1) is 12.8 Å². The number of nitrogens with one attached hydrogen (secondary N) is 1. The quantitative estimate of drug-likeness (QED) is 0.785. The molecule has 1 saturated heterocycles. The molecule has 1 amide bonds. The fourth-order valence-electron chi connectivity index (χ4n) is 2.38. The van der Waals surface area contributed by atoms with Gasteiger partial charge in [-0.05, 0) is 31.2 Å². The number of anilines is 1. The lowest BCUT2D eigenvalue weighted by molar-refractivity contribution is -0.130. The second kappa shape index (κ2) is 7.10. The van der Waals surface area contributed by atoms with Crippen LogP contribution >= 0.6 is 0 Å². The second-order valence-corrected chi connectivity index (χ2v) is 7.51. The number of ketones is 1. The Balaban J connectivity index is 1.83. The van der Waals surface area contributed by atoms with Crippen molar-refractivity contribution in [3.63, 3.8) is 0 Å². The van der Waals surface area contributed by atoms with E-state index in [4.69, 9.17) is 0 Å². The molecule has 1 aliphatic rings. The highest BCUT2D eigenvalue weighted by molar-refractivity contribution is 7.88. The van der Waals surface area contributed by atoms with Crippen LogP contribution in [0.5, 0.6) is 0 Å². The van der Waals surface area contributed by atoms with Crippen molar-refractivity contribution in [3.8, 4) is 0 Å². The SMILES string of the molecule is CC(=O)c1ccc(NCC(=O)N2CCN(S(C)(=O)=O)CC2)cc1. The van der Waals surface area contributed by atoms with E-state index in [0.717, 1.165) is 5.69 Å². The van der Waals surface area contributed by atoms with Crippen LogP contribution in [0.25, 0.3) is 0 Å². The highest BCUT2D eigenvalue weighted by atomic mass is 32.2. The normalized spacial score (nSPS) is 16.2. The topological polar surface area (TPSA) is 86.8 Å². The van der Waals surface area contributed by atoms with Crippen molar-refractivity contribution in [1.82, 2.24) is 9.21 Å². The Kier molecular flexibility index (Phi) is 5.38. The molecule has 8 heteroatoms. The molecule has 0 aromatic heterocycles. The Bertz CT molecular complexity index is 677. The maximum Gasteiger partial charge on any atom is 0.241 e. The maximum absolute atomic E-state index is 12.1. The number of Topliss-reactive ketones (excluding diaryl/α,β-unsaturated/α-hetero) is 1. The molecule has 0 atom stereocenters. The average molecular weight is 339 g/mol. The predicted molar refractivity (Wildman–Crippen MR) is 87.9 cm³/mol. The highest BCUT2D eigenvalue weighted by Crippen LogP contribution is 2.11. The van der Waals surface area contributed by atoms with E-state index >= 15 is 0 Å². The lowest BCUT2D eigenvalue weighted by atomic mass is 10.1. The molecule has 1 fully saturated rings. The van der Waals surface area contributed by atoms with Crippen molar-refractivity contribution in [2.24, 2.45) is 0 Å². The number of amides is 1. The molecule has 23 heavy (non-hydrogen) atoms. The summed E-state index contributed by atoms with van der Waals surface area (Å²) in [5, 5.41) is 3.01. The summed E-state index contributed by atoms with van der Waals surface area (Å²) in [6, 6.07) is 6.93. The minimum atomic E-state index is -3.19. The molecule has 0 spiro atoms. The molecule has 0 saturated carbocycles. The van der Waals surface area contributed by atoms with E-state index in [-0.39, 0.29) is 18.2 Å². The number of rotatable bonds is 5. The summed E-state index contributed by atoms with van der Waals surface area (Å²) in [5.41, 5.74) is 1.39. The first-order chi connectivity index (χ1) is 10.8. The smallest absolute Gasteiger partial charge is 0.241 e. The number of hydrogen-bond acceptors (Lipinski definition) is 5. The van der Waals surface area contributed by atoms with Crippen LogP contribution in [-0.2, 0) is 14.8 Å². The minimum absolute atomic E-state index is 0.00336. The first-order valence-corrected chi connectivity index (χ1v) is 9.20. The van der Waals surface area contributed by atoms with Crippen molar-refractivity contribution in [1.29, 1.82) is 0 Å². The van der Waals surface area contributed by atoms with Crippen LogP contribution in [-0.4, -0.2) is 68.3 Å². The second-order valence-electron chi connectivity index (χ2n) is 5.53. The first-order valence-electron chi connectivity index (χ1n) is 7.35. The van der Waals surface area contributed by atoms with Gasteiger partial charge in [0.2, 0.25) is 15.9 Å². The number of carbonyl (C=O) groups excluding carboxylic acids is 2. The summed E-state index contributed by atoms with van der Waals surface area (Å²) in [6.07, 6.45) is 1.18. The highest BCUT2D eigenvalue weighted by Gasteiger charge is 2.25. The van der Waals surface area contributed by atoms with Crippen LogP contribution in [0.2, 0.25) is 0 Å². The number of carbonyl (C=O) groups is 2. The Hall–Kier alpha value is -1.93. The van der Waals surface area contributed by atoms with Gasteiger partial charge < -0.3 is 10.2 Å². The molecule has 1 heterocycles. The average Bonchev–Trinajstić information content (AvgIpc) is 2.52. The lowest BCUT2D eigenvalue weighted by Gasteiger charge is -2.33. The van der Waals surface area contributed by atoms with Gasteiger partial charge in [-0.25, -0.2) is 8.42 Å². The van der Waals surface area contributed by atoms with Crippen LogP contribution < -0.4 is 5.32 Å². The maximum atomic E-state index is 12.1. The molecular formula is C15H21N3O4S. The van der Waals surface area contributed by atoms with Crippen LogP contribution in [0, 0.1) is 0 Å². The zero-order valence-corrected chi connectivity index (χ0v) is 14.1. The van der Waals surface area contributed by atoms with Gasteiger partial charge in [-0.15, -0.1) is 0 Å². The number of benzene rings is 1. The number of piperazine rings is 1. The minimum Gasteiger partial charge on any atom is -0.376 e. The van der Waals surface area contributed by atoms with Gasteiger partial charge in [0.1, 0.15) is 0 Å². The van der Waals surface area contributed by atoms with E-state index in [0.29, 0.717) is 31.7 Å². The van der Waals surface area contributed by atoms with E-state index in [2.05, 4.69) is 5.32 Å². The molecule has 1 aromatic carbocycles. The lowest BCUT2D eigenvalue weighted by Crippen LogP contribution is -2.51. The Morgan fingerprint density at radius 1 is 1.09 bits per heavy atom. The van der Waals surface area contributed by atoms with Crippen LogP contribution in [0.4, 0.5) is 5.69 Å². The van der Waals surface area contributed by atoms with E-state index in [1.165, 1.54) is 17.5 Å². The Morgan fingerprint density at radius 3 is 2.13 bits per heavy atom. The Labute approximate surface area is 136 Å². The fraction of sp³-hybridized carbons (Fsp3) is 0.467. The molecular weight excluding hydrogens is 318 g/mol. The zero-order chi connectivity index (χ0) is 17.0. The van der Waals surface area contributed by atoms with E-state index in [9.17, 15) is 18.0 Å². The van der Waals surface area contributed by atoms with Crippen molar-refractivity contribution in [2.45, 2.75) is 6.92 Å². The third kappa shape index (κ3) is 4.77. The molecule has 1 aliphatic heterocycles. The van der Waals surface area contributed by atoms with Gasteiger partial charge in [0.25, 0.3) is 0 Å². The van der Waals surface area contributed by atoms with Gasteiger partial charge in [-0.3, -0.25) is 9.59 Å². The number of nitrogens with zero attached hydrogens (tertiary/aromatic N) is 2. The van der Waals surface area contributed by atoms with E-state index in [1.54, 1.807) is 29.2 Å². The van der Waals surface area contributed by atoms with Gasteiger partial charge in [0.15, 0.2) is 5.78 Å². The largest absolute Gasteiger partial charge is 0.376 e. The summed E-state index contributed by atoms with van der Waals surface area (Å²) < 4.78 is 24.2. The molecule has 7 nitrogen and oxygen atoms in total. The molecule has 0 aliphatic carbocycles. The monoisotopic (exact) mass is 339 g/mol. The summed E-state index contributed by atoms with van der Waals surface area (Å²) in [5.74, 6) is -0.0785. The van der Waals surface area contributed by atoms with E-state index in [1.807, 2.05) is 0 Å². The number of sulfonamides is 1. The van der Waals surface area contributed by atoms with Gasteiger partial charge in [0, 0.05) is 37.4 Å². The Morgan fingerprint density at radius 2 is 1.65 bits per heavy atom. The zero-order valence-electron chi connectivity index (χ0n) is 13.3. The molecule has 126 valence electrons. The molecule has 0 bridgehead atoms. The van der Waals surface area contributed by atoms with Crippen molar-refractivity contribution in [2.75, 3.05) is 44.3 Å². The molecule has 1 aromatic rings. The van der Waals surface area contributed by atoms with Crippen molar-refractivity contribution in [3.05, 3.63) is 29.8 Å². The fourth-order valence-corrected chi connectivity index (χ4v) is 3.21. The summed E-state index contributed by atoms with van der Waals surface area (Å²) >= 11 is 0.